The van der Waals surface area contributed by atoms with Crippen LogP contribution in [-0.4, -0.2) is 10.4 Å². The quantitative estimate of drug-likeness (QED) is 0.534. The van der Waals surface area contributed by atoms with Crippen LogP contribution in [-0.2, 0) is 0 Å². The van der Waals surface area contributed by atoms with Crippen LogP contribution in [0.15, 0.2) is 4.52 Å². The van der Waals surface area contributed by atoms with Crippen LogP contribution in [0.2, 0.25) is 0 Å². The Morgan fingerprint density at radius 3 is 3.00 bits per heavy atom. The second-order valence-electron chi connectivity index (χ2n) is 2.02. The van der Waals surface area contributed by atoms with E-state index in [1.807, 2.05) is 0 Å². The Balaban J connectivity index is 2.28. The Morgan fingerprint density at radius 1 is 1.62 bits per heavy atom. The molecule has 1 aromatic rings. The molecule has 0 saturated heterocycles. The van der Waals surface area contributed by atoms with Crippen molar-refractivity contribution in [1.82, 2.24) is 10.4 Å². The second-order valence-corrected chi connectivity index (χ2v) is 2.02. The maximum Gasteiger partial charge on any atom is 0.170 e. The zero-order valence-corrected chi connectivity index (χ0v) is 4.29. The zero-order chi connectivity index (χ0) is 5.40. The lowest BCUT2D eigenvalue weighted by Gasteiger charge is -1.76. The first-order chi connectivity index (χ1) is 3.97. The van der Waals surface area contributed by atoms with Crippen molar-refractivity contribution in [3.05, 3.63) is 12.0 Å². The summed E-state index contributed by atoms with van der Waals surface area (Å²) in [4.78, 5) is 0. The molecule has 1 aliphatic rings. The number of rotatable bonds is 1. The standard InChI is InChI=1S/C5H5N2O/c1-2-4(1)5-3-6-7-8-5/h4H,1-2H2. The van der Waals surface area contributed by atoms with Gasteiger partial charge in [0.15, 0.2) is 12.0 Å². The highest BCUT2D eigenvalue weighted by atomic mass is 16.5. The first kappa shape index (κ1) is 4.06. The minimum atomic E-state index is 0.588. The fraction of sp³-hybridized carbons (Fsp3) is 0.600. The largest absolute Gasteiger partial charge is 0.341 e. The van der Waals surface area contributed by atoms with Gasteiger partial charge in [-0.1, -0.05) is 0 Å². The smallest absolute Gasteiger partial charge is 0.170 e. The number of aromatic nitrogens is 2. The lowest BCUT2D eigenvalue weighted by molar-refractivity contribution is 0.363. The first-order valence-electron chi connectivity index (χ1n) is 2.67. The van der Waals surface area contributed by atoms with E-state index in [0.29, 0.717) is 5.92 Å². The third-order valence-electron chi connectivity index (χ3n) is 1.29. The highest BCUT2D eigenvalue weighted by molar-refractivity contribution is 5.03. The molecule has 0 bridgehead atoms. The molecule has 1 heterocycles. The summed E-state index contributed by atoms with van der Waals surface area (Å²) in [5.74, 6) is 1.41. The van der Waals surface area contributed by atoms with Gasteiger partial charge in [-0.2, -0.15) is 0 Å². The van der Waals surface area contributed by atoms with Gasteiger partial charge in [0.05, 0.1) is 0 Å². The van der Waals surface area contributed by atoms with Crippen molar-refractivity contribution in [3.8, 4) is 0 Å². The molecule has 0 spiro atoms. The van der Waals surface area contributed by atoms with E-state index in [2.05, 4.69) is 16.6 Å². The summed E-state index contributed by atoms with van der Waals surface area (Å²) in [6, 6.07) is 0. The van der Waals surface area contributed by atoms with Crippen LogP contribution >= 0.6 is 0 Å². The maximum atomic E-state index is 4.74. The van der Waals surface area contributed by atoms with Crippen molar-refractivity contribution < 1.29 is 4.52 Å². The Hall–Kier alpha value is -0.860. The molecule has 0 amide bonds. The van der Waals surface area contributed by atoms with Crippen molar-refractivity contribution in [3.63, 3.8) is 0 Å². The highest BCUT2D eigenvalue weighted by Gasteiger charge is 2.27. The molecule has 1 radical (unpaired) electrons. The molecule has 3 nitrogen and oxygen atoms in total. The van der Waals surface area contributed by atoms with Gasteiger partial charge in [-0.3, -0.25) is 0 Å². The summed E-state index contributed by atoms with van der Waals surface area (Å²) < 4.78 is 4.74. The summed E-state index contributed by atoms with van der Waals surface area (Å²) in [6.45, 7) is 0. The van der Waals surface area contributed by atoms with Crippen molar-refractivity contribution in [1.29, 1.82) is 0 Å². The molecular formula is C5H5N2O. The van der Waals surface area contributed by atoms with Gasteiger partial charge in [0, 0.05) is 11.2 Å². The minimum Gasteiger partial charge on any atom is -0.341 e. The van der Waals surface area contributed by atoms with Crippen LogP contribution in [0.3, 0.4) is 0 Å². The molecule has 41 valence electrons. The second kappa shape index (κ2) is 1.31. The fourth-order valence-electron chi connectivity index (χ4n) is 0.666. The summed E-state index contributed by atoms with van der Waals surface area (Å²) in [6.07, 6.45) is 5.10. The van der Waals surface area contributed by atoms with Gasteiger partial charge in [-0.25, -0.2) is 0 Å². The number of nitrogens with zero attached hydrogens (tertiary/aromatic N) is 2. The summed E-state index contributed by atoms with van der Waals surface area (Å²) in [7, 11) is 0. The Morgan fingerprint density at radius 2 is 2.50 bits per heavy atom. The molecule has 2 rings (SSSR count). The first-order valence-corrected chi connectivity index (χ1v) is 2.67. The minimum absolute atomic E-state index is 0.588. The molecule has 0 aliphatic heterocycles. The molecule has 1 fully saturated rings. The third-order valence-corrected chi connectivity index (χ3v) is 1.29. The monoisotopic (exact) mass is 109 g/mol. The Bertz CT molecular complexity index is 167. The van der Waals surface area contributed by atoms with E-state index in [0.717, 1.165) is 5.76 Å². The van der Waals surface area contributed by atoms with Crippen LogP contribution in [0.1, 0.15) is 24.5 Å². The average Bonchev–Trinajstić information content (AvgIpc) is 2.49. The maximum absolute atomic E-state index is 4.74. The molecule has 8 heavy (non-hydrogen) atoms. The van der Waals surface area contributed by atoms with E-state index in [1.165, 1.54) is 12.8 Å². The number of hydrogen-bond acceptors (Lipinski definition) is 3. The summed E-state index contributed by atoms with van der Waals surface area (Å²) in [5.41, 5.74) is 0. The highest BCUT2D eigenvalue weighted by Crippen LogP contribution is 2.38. The zero-order valence-electron chi connectivity index (χ0n) is 4.29. The lowest BCUT2D eigenvalue weighted by atomic mass is 10.3. The molecule has 0 aromatic carbocycles. The van der Waals surface area contributed by atoms with Crippen LogP contribution < -0.4 is 0 Å². The molecule has 0 unspecified atom stereocenters. The molecule has 3 heteroatoms. The Kier molecular flexibility index (Phi) is 0.664. The van der Waals surface area contributed by atoms with E-state index >= 15 is 0 Å². The molecule has 1 saturated carbocycles. The van der Waals surface area contributed by atoms with Gasteiger partial charge < -0.3 is 4.52 Å². The predicted octanol–water partition coefficient (Wildman–Crippen LogP) is 0.747. The summed E-state index contributed by atoms with van der Waals surface area (Å²) in [5, 5.41) is 6.74. The van der Waals surface area contributed by atoms with Crippen molar-refractivity contribution in [2.45, 2.75) is 18.8 Å². The average molecular weight is 109 g/mol. The van der Waals surface area contributed by atoms with Crippen LogP contribution in [0.4, 0.5) is 0 Å². The van der Waals surface area contributed by atoms with Crippen LogP contribution in [0, 0.1) is 6.20 Å². The predicted molar refractivity (Wildman–Crippen MR) is 25.1 cm³/mol. The fourth-order valence-corrected chi connectivity index (χ4v) is 0.666. The number of hydrogen-bond donors (Lipinski definition) is 0. The summed E-state index contributed by atoms with van der Waals surface area (Å²) >= 11 is 0. The van der Waals surface area contributed by atoms with Crippen molar-refractivity contribution in [2.24, 2.45) is 0 Å². The topological polar surface area (TPSA) is 38.9 Å². The molecule has 0 N–H and O–H groups in total. The van der Waals surface area contributed by atoms with Crippen molar-refractivity contribution >= 4 is 0 Å². The lowest BCUT2D eigenvalue weighted by Crippen LogP contribution is -1.68. The van der Waals surface area contributed by atoms with Crippen molar-refractivity contribution in [2.75, 3.05) is 0 Å². The van der Waals surface area contributed by atoms with E-state index in [9.17, 15) is 0 Å². The Labute approximate surface area is 46.7 Å². The van der Waals surface area contributed by atoms with Gasteiger partial charge in [0.1, 0.15) is 0 Å². The van der Waals surface area contributed by atoms with Gasteiger partial charge in [-0.05, 0) is 12.8 Å². The SMILES string of the molecule is [c]1nnoc1C1CC1. The van der Waals surface area contributed by atoms with Gasteiger partial charge in [0.2, 0.25) is 0 Å². The van der Waals surface area contributed by atoms with E-state index in [4.69, 9.17) is 4.52 Å². The van der Waals surface area contributed by atoms with E-state index in [-0.39, 0.29) is 0 Å². The molecule has 0 atom stereocenters. The molecule has 1 aromatic heterocycles. The van der Waals surface area contributed by atoms with Crippen LogP contribution in [0.5, 0.6) is 0 Å². The molecular weight excluding hydrogens is 104 g/mol. The third kappa shape index (κ3) is 0.510. The van der Waals surface area contributed by atoms with Gasteiger partial charge in [-0.15, -0.1) is 5.10 Å². The van der Waals surface area contributed by atoms with E-state index in [1.54, 1.807) is 0 Å². The normalized spacial score (nSPS) is 19.0. The van der Waals surface area contributed by atoms with E-state index < -0.39 is 0 Å². The molecule has 1 aliphatic carbocycles. The van der Waals surface area contributed by atoms with Gasteiger partial charge in [0.25, 0.3) is 0 Å². The van der Waals surface area contributed by atoms with Gasteiger partial charge >= 0.3 is 0 Å². The van der Waals surface area contributed by atoms with Crippen LogP contribution in [0.25, 0.3) is 0 Å².